The first-order valence-electron chi connectivity index (χ1n) is 6.10. The maximum Gasteiger partial charge on any atom is 0.237 e. The second-order valence-corrected chi connectivity index (χ2v) is 6.29. The Kier molecular flexibility index (Phi) is 3.26. The smallest absolute Gasteiger partial charge is 0.237 e. The third-order valence-electron chi connectivity index (χ3n) is 2.99. The van der Waals surface area contributed by atoms with Gasteiger partial charge in [0.25, 0.3) is 0 Å². The van der Waals surface area contributed by atoms with E-state index in [9.17, 15) is 8.42 Å². The summed E-state index contributed by atoms with van der Waals surface area (Å²) in [7, 11) is -3.44. The van der Waals surface area contributed by atoms with Gasteiger partial charge in [-0.15, -0.1) is 5.10 Å². The van der Waals surface area contributed by atoms with Crippen LogP contribution in [0.25, 0.3) is 0 Å². The molecule has 0 radical (unpaired) electrons. The number of hydrogen-bond donors (Lipinski definition) is 0. The summed E-state index contributed by atoms with van der Waals surface area (Å²) in [5.41, 5.74) is 0.579. The van der Waals surface area contributed by atoms with Gasteiger partial charge in [-0.3, -0.25) is 4.31 Å². The van der Waals surface area contributed by atoms with E-state index in [0.29, 0.717) is 24.6 Å². The van der Waals surface area contributed by atoms with E-state index in [1.165, 1.54) is 15.3 Å². The van der Waals surface area contributed by atoms with Crippen molar-refractivity contribution < 1.29 is 13.2 Å². The molecular weight excluding hydrogens is 282 g/mol. The van der Waals surface area contributed by atoms with Gasteiger partial charge < -0.3 is 4.74 Å². The van der Waals surface area contributed by atoms with Crippen LogP contribution in [0.3, 0.4) is 0 Å². The van der Waals surface area contributed by atoms with Crippen molar-refractivity contribution in [1.29, 1.82) is 0 Å². The van der Waals surface area contributed by atoms with Crippen LogP contribution in [0.15, 0.2) is 30.6 Å². The summed E-state index contributed by atoms with van der Waals surface area (Å²) in [6, 6.07) is 7.11. The first kappa shape index (κ1) is 12.9. The Bertz CT molecular complexity index is 686. The number of anilines is 1. The zero-order valence-electron chi connectivity index (χ0n) is 10.6. The fourth-order valence-corrected chi connectivity index (χ4v) is 3.48. The first-order valence-corrected chi connectivity index (χ1v) is 7.71. The molecule has 0 N–H and O–H groups in total. The number of rotatable bonds is 4. The van der Waals surface area contributed by atoms with Gasteiger partial charge in [-0.05, 0) is 22.6 Å². The topological polar surface area (TPSA) is 90.2 Å². The van der Waals surface area contributed by atoms with Gasteiger partial charge in [-0.2, -0.15) is 0 Å². The van der Waals surface area contributed by atoms with Crippen LogP contribution in [0.4, 0.5) is 5.69 Å². The second-order valence-electron chi connectivity index (χ2n) is 4.28. The Morgan fingerprint density at radius 1 is 1.30 bits per heavy atom. The zero-order valence-corrected chi connectivity index (χ0v) is 11.4. The average molecular weight is 295 g/mol. The minimum atomic E-state index is -3.44. The molecule has 0 fully saturated rings. The highest BCUT2D eigenvalue weighted by Gasteiger charge is 2.28. The van der Waals surface area contributed by atoms with E-state index in [1.54, 1.807) is 18.2 Å². The van der Waals surface area contributed by atoms with E-state index >= 15 is 0 Å². The van der Waals surface area contributed by atoms with E-state index < -0.39 is 10.0 Å². The van der Waals surface area contributed by atoms with E-state index in [-0.39, 0.29) is 12.3 Å². The lowest BCUT2D eigenvalue weighted by molar-refractivity contribution is 0.316. The molecule has 0 saturated heterocycles. The van der Waals surface area contributed by atoms with Gasteiger partial charge in [-0.25, -0.2) is 13.1 Å². The van der Waals surface area contributed by atoms with Crippen LogP contribution in [0.1, 0.15) is 0 Å². The van der Waals surface area contributed by atoms with Crippen LogP contribution >= 0.6 is 0 Å². The van der Waals surface area contributed by atoms with Gasteiger partial charge in [0.05, 0.1) is 24.5 Å². The molecule has 1 aliphatic heterocycles. The standard InChI is InChI=1S/C11H13N5O3S/c17-20(18,8-6-15-9-12-13-14-15)16-5-7-19-11-4-2-1-3-10(11)16/h1-4,9H,5-8H2. The van der Waals surface area contributed by atoms with Gasteiger partial charge >= 0.3 is 0 Å². The van der Waals surface area contributed by atoms with Crippen molar-refractivity contribution >= 4 is 15.7 Å². The van der Waals surface area contributed by atoms with Crippen LogP contribution in [-0.2, 0) is 16.6 Å². The van der Waals surface area contributed by atoms with Gasteiger partial charge in [0.1, 0.15) is 18.7 Å². The van der Waals surface area contributed by atoms with E-state index in [2.05, 4.69) is 15.5 Å². The Morgan fingerprint density at radius 2 is 2.15 bits per heavy atom. The maximum absolute atomic E-state index is 12.4. The predicted molar refractivity (Wildman–Crippen MR) is 70.9 cm³/mol. The monoisotopic (exact) mass is 295 g/mol. The molecule has 3 rings (SSSR count). The molecule has 0 spiro atoms. The van der Waals surface area contributed by atoms with Crippen LogP contribution < -0.4 is 9.04 Å². The van der Waals surface area contributed by atoms with E-state index in [0.717, 1.165) is 0 Å². The molecule has 0 amide bonds. The molecule has 0 aliphatic carbocycles. The van der Waals surface area contributed by atoms with Crippen molar-refractivity contribution in [1.82, 2.24) is 20.2 Å². The number of aromatic nitrogens is 4. The SMILES string of the molecule is O=S(=O)(CCn1cnnn1)N1CCOc2ccccc21. The summed E-state index contributed by atoms with van der Waals surface area (Å²) in [6.07, 6.45) is 1.39. The number of aryl methyl sites for hydroxylation is 1. The lowest BCUT2D eigenvalue weighted by atomic mass is 10.2. The largest absolute Gasteiger partial charge is 0.489 e. The Labute approximate surface area is 116 Å². The molecule has 20 heavy (non-hydrogen) atoms. The summed E-state index contributed by atoms with van der Waals surface area (Å²) in [5.74, 6) is 0.525. The molecule has 106 valence electrons. The predicted octanol–water partition coefficient (Wildman–Crippen LogP) is -0.0981. The number of ether oxygens (including phenoxy) is 1. The number of para-hydroxylation sites is 2. The van der Waals surface area contributed by atoms with Crippen molar-refractivity contribution in [3.63, 3.8) is 0 Å². The summed E-state index contributed by atoms with van der Waals surface area (Å²) < 4.78 is 33.1. The van der Waals surface area contributed by atoms with Crippen LogP contribution in [0.5, 0.6) is 5.75 Å². The first-order chi connectivity index (χ1) is 9.67. The lowest BCUT2D eigenvalue weighted by Gasteiger charge is -2.30. The van der Waals surface area contributed by atoms with Crippen molar-refractivity contribution in [2.45, 2.75) is 6.54 Å². The van der Waals surface area contributed by atoms with Crippen LogP contribution in [-0.4, -0.2) is 47.5 Å². The number of sulfonamides is 1. The van der Waals surface area contributed by atoms with Gasteiger partial charge in [0.15, 0.2) is 0 Å². The number of tetrazole rings is 1. The normalized spacial score (nSPS) is 14.7. The third-order valence-corrected chi connectivity index (χ3v) is 4.74. The van der Waals surface area contributed by atoms with Crippen molar-refractivity contribution in [3.8, 4) is 5.75 Å². The Hall–Kier alpha value is -2.16. The minimum Gasteiger partial charge on any atom is -0.489 e. The zero-order chi connectivity index (χ0) is 14.0. The number of benzene rings is 1. The summed E-state index contributed by atoms with van der Waals surface area (Å²) in [5, 5.41) is 10.6. The molecule has 8 nitrogen and oxygen atoms in total. The minimum absolute atomic E-state index is 0.0631. The molecule has 0 saturated carbocycles. The molecule has 2 heterocycles. The molecule has 1 aromatic heterocycles. The van der Waals surface area contributed by atoms with Gasteiger partial charge in [-0.1, -0.05) is 12.1 Å². The molecular formula is C11H13N5O3S. The molecule has 0 bridgehead atoms. The fourth-order valence-electron chi connectivity index (χ4n) is 2.03. The van der Waals surface area contributed by atoms with Crippen LogP contribution in [0.2, 0.25) is 0 Å². The highest BCUT2D eigenvalue weighted by atomic mass is 32.2. The lowest BCUT2D eigenvalue weighted by Crippen LogP contribution is -2.40. The van der Waals surface area contributed by atoms with Crippen molar-refractivity contribution in [3.05, 3.63) is 30.6 Å². The van der Waals surface area contributed by atoms with E-state index in [1.807, 2.05) is 6.07 Å². The summed E-state index contributed by atoms with van der Waals surface area (Å²) >= 11 is 0. The van der Waals surface area contributed by atoms with Gasteiger partial charge in [0.2, 0.25) is 10.0 Å². The molecule has 1 aliphatic rings. The molecule has 1 aromatic carbocycles. The Morgan fingerprint density at radius 3 is 2.95 bits per heavy atom. The highest BCUT2D eigenvalue weighted by molar-refractivity contribution is 7.92. The summed E-state index contributed by atoms with van der Waals surface area (Å²) in [6.45, 7) is 0.880. The van der Waals surface area contributed by atoms with Crippen molar-refractivity contribution in [2.24, 2.45) is 0 Å². The van der Waals surface area contributed by atoms with Crippen molar-refractivity contribution in [2.75, 3.05) is 23.2 Å². The Balaban J connectivity index is 1.81. The molecule has 9 heteroatoms. The van der Waals surface area contributed by atoms with Gasteiger partial charge in [0, 0.05) is 0 Å². The second kappa shape index (κ2) is 5.08. The molecule has 0 unspecified atom stereocenters. The summed E-state index contributed by atoms with van der Waals surface area (Å²) in [4.78, 5) is 0. The fraction of sp³-hybridized carbons (Fsp3) is 0.364. The number of fused-ring (bicyclic) bond motifs is 1. The number of nitrogens with zero attached hydrogens (tertiary/aromatic N) is 5. The molecule has 2 aromatic rings. The third kappa shape index (κ3) is 2.44. The quantitative estimate of drug-likeness (QED) is 0.782. The van der Waals surface area contributed by atoms with Crippen LogP contribution in [0, 0.1) is 0 Å². The van der Waals surface area contributed by atoms with E-state index in [4.69, 9.17) is 4.74 Å². The average Bonchev–Trinajstić information content (AvgIpc) is 2.98. The highest BCUT2D eigenvalue weighted by Crippen LogP contribution is 2.32. The maximum atomic E-state index is 12.4. The number of hydrogen-bond acceptors (Lipinski definition) is 6. The molecule has 0 atom stereocenters.